The predicted molar refractivity (Wildman–Crippen MR) is 97.5 cm³/mol. The standard InChI is InChI=1S/C18H11ClF2N2O3S/c19-9-1-3-13-11(7-9)16(24)23(14-4-2-10(20)8-12(14)21)18(22-13)27-15-5-6-26-17(15)25/h1-4,7-8,15H,5-6H2. The number of benzene rings is 2. The lowest BCUT2D eigenvalue weighted by atomic mass is 10.2. The van der Waals surface area contributed by atoms with Crippen molar-refractivity contribution < 1.29 is 18.3 Å². The van der Waals surface area contributed by atoms with Crippen molar-refractivity contribution in [3.63, 3.8) is 0 Å². The number of ether oxygens (including phenoxy) is 1. The van der Waals surface area contributed by atoms with Crippen LogP contribution in [-0.4, -0.2) is 27.4 Å². The molecule has 9 heteroatoms. The number of thioether (sulfide) groups is 1. The Morgan fingerprint density at radius 2 is 2.00 bits per heavy atom. The number of cyclic esters (lactones) is 1. The normalized spacial score (nSPS) is 16.7. The molecular formula is C18H11ClF2N2O3S. The Hall–Kier alpha value is -2.45. The summed E-state index contributed by atoms with van der Waals surface area (Å²) in [5, 5.41) is 0.0671. The lowest BCUT2D eigenvalue weighted by molar-refractivity contribution is -0.137. The highest BCUT2D eigenvalue weighted by Gasteiger charge is 2.30. The molecule has 5 nitrogen and oxygen atoms in total. The topological polar surface area (TPSA) is 61.2 Å². The molecule has 4 rings (SSSR count). The van der Waals surface area contributed by atoms with E-state index in [0.29, 0.717) is 23.0 Å². The van der Waals surface area contributed by atoms with Crippen LogP contribution in [0.3, 0.4) is 0 Å². The number of carbonyl (C=O) groups is 1. The zero-order valence-electron chi connectivity index (χ0n) is 13.6. The molecule has 0 amide bonds. The highest BCUT2D eigenvalue weighted by Crippen LogP contribution is 2.31. The van der Waals surface area contributed by atoms with E-state index < -0.39 is 28.4 Å². The summed E-state index contributed by atoms with van der Waals surface area (Å²) in [5.41, 5.74) is -0.372. The van der Waals surface area contributed by atoms with E-state index in [-0.39, 0.29) is 22.8 Å². The van der Waals surface area contributed by atoms with Crippen LogP contribution in [0.5, 0.6) is 0 Å². The summed E-state index contributed by atoms with van der Waals surface area (Å²) in [6.07, 6.45) is 0.448. The SMILES string of the molecule is O=C1OCCC1Sc1nc2ccc(Cl)cc2c(=O)n1-c1ccc(F)cc1F. The number of nitrogens with zero attached hydrogens (tertiary/aromatic N) is 2. The van der Waals surface area contributed by atoms with Crippen molar-refractivity contribution in [3.8, 4) is 5.69 Å². The minimum absolute atomic E-state index is 0.115. The first-order valence-electron chi connectivity index (χ1n) is 7.95. The summed E-state index contributed by atoms with van der Waals surface area (Å²) in [6.45, 7) is 0.273. The highest BCUT2D eigenvalue weighted by atomic mass is 35.5. The molecule has 0 radical (unpaired) electrons. The van der Waals surface area contributed by atoms with Crippen molar-refractivity contribution in [3.05, 3.63) is 63.4 Å². The van der Waals surface area contributed by atoms with Crippen LogP contribution in [0.15, 0.2) is 46.3 Å². The third-order valence-corrected chi connectivity index (χ3v) is 5.52. The van der Waals surface area contributed by atoms with Crippen LogP contribution in [0.25, 0.3) is 16.6 Å². The minimum atomic E-state index is -0.920. The van der Waals surface area contributed by atoms with Gasteiger partial charge in [-0.3, -0.25) is 14.2 Å². The Labute approximate surface area is 160 Å². The molecule has 0 bridgehead atoms. The summed E-state index contributed by atoms with van der Waals surface area (Å²) >= 11 is 6.98. The fourth-order valence-electron chi connectivity index (χ4n) is 2.80. The number of hydrogen-bond acceptors (Lipinski definition) is 5. The van der Waals surface area contributed by atoms with Crippen LogP contribution < -0.4 is 5.56 Å². The molecule has 0 N–H and O–H groups in total. The van der Waals surface area contributed by atoms with Crippen LogP contribution >= 0.6 is 23.4 Å². The molecule has 1 fully saturated rings. The summed E-state index contributed by atoms with van der Waals surface area (Å²) in [7, 11) is 0. The molecule has 1 aliphatic rings. The van der Waals surface area contributed by atoms with E-state index in [1.54, 1.807) is 12.1 Å². The van der Waals surface area contributed by atoms with Gasteiger partial charge in [0, 0.05) is 17.5 Å². The van der Waals surface area contributed by atoms with Crippen molar-refractivity contribution in [1.29, 1.82) is 0 Å². The van der Waals surface area contributed by atoms with Crippen molar-refractivity contribution in [2.24, 2.45) is 0 Å². The molecule has 2 aromatic carbocycles. The fourth-order valence-corrected chi connectivity index (χ4v) is 4.05. The average molecular weight is 409 g/mol. The van der Waals surface area contributed by atoms with Crippen molar-refractivity contribution in [2.75, 3.05) is 6.61 Å². The largest absolute Gasteiger partial charge is 0.465 e. The predicted octanol–water partition coefficient (Wildman–Crippen LogP) is 3.72. The van der Waals surface area contributed by atoms with Gasteiger partial charge in [-0.15, -0.1) is 0 Å². The van der Waals surface area contributed by atoms with Gasteiger partial charge in [0.1, 0.15) is 16.9 Å². The van der Waals surface area contributed by atoms with Crippen molar-refractivity contribution in [2.45, 2.75) is 16.8 Å². The van der Waals surface area contributed by atoms with Gasteiger partial charge in [0.2, 0.25) is 0 Å². The maximum atomic E-state index is 14.4. The average Bonchev–Trinajstić information content (AvgIpc) is 3.02. The van der Waals surface area contributed by atoms with Crippen LogP contribution in [0.4, 0.5) is 8.78 Å². The van der Waals surface area contributed by atoms with Crippen molar-refractivity contribution in [1.82, 2.24) is 9.55 Å². The third-order valence-electron chi connectivity index (χ3n) is 4.09. The van der Waals surface area contributed by atoms with E-state index in [2.05, 4.69) is 4.98 Å². The molecule has 2 heterocycles. The van der Waals surface area contributed by atoms with Gasteiger partial charge in [0.05, 0.1) is 23.2 Å². The fraction of sp³-hybridized carbons (Fsp3) is 0.167. The molecular weight excluding hydrogens is 398 g/mol. The lowest BCUT2D eigenvalue weighted by Gasteiger charge is -2.15. The molecule has 1 unspecified atom stereocenters. The second-order valence-electron chi connectivity index (χ2n) is 5.85. The van der Waals surface area contributed by atoms with Gasteiger partial charge in [-0.05, 0) is 30.3 Å². The summed E-state index contributed by atoms with van der Waals surface area (Å²) < 4.78 is 33.7. The van der Waals surface area contributed by atoms with Crippen LogP contribution in [-0.2, 0) is 9.53 Å². The lowest BCUT2D eigenvalue weighted by Crippen LogP contribution is -2.24. The Kier molecular flexibility index (Phi) is 4.61. The zero-order chi connectivity index (χ0) is 19.1. The van der Waals surface area contributed by atoms with E-state index >= 15 is 0 Å². The van der Waals surface area contributed by atoms with Crippen LogP contribution in [0.2, 0.25) is 5.02 Å². The number of aromatic nitrogens is 2. The number of hydrogen-bond donors (Lipinski definition) is 0. The van der Waals surface area contributed by atoms with E-state index in [1.165, 1.54) is 6.07 Å². The molecule has 0 saturated carbocycles. The maximum absolute atomic E-state index is 14.4. The first-order valence-corrected chi connectivity index (χ1v) is 9.21. The van der Waals surface area contributed by atoms with Gasteiger partial charge in [0.15, 0.2) is 5.16 Å². The Morgan fingerprint density at radius 1 is 1.19 bits per heavy atom. The monoisotopic (exact) mass is 408 g/mol. The molecule has 1 aromatic heterocycles. The van der Waals surface area contributed by atoms with Crippen molar-refractivity contribution >= 4 is 40.2 Å². The Bertz CT molecular complexity index is 1140. The van der Waals surface area contributed by atoms with Gasteiger partial charge >= 0.3 is 5.97 Å². The number of halogens is 3. The molecule has 3 aromatic rings. The number of rotatable bonds is 3. The maximum Gasteiger partial charge on any atom is 0.319 e. The first kappa shape index (κ1) is 17.9. The van der Waals surface area contributed by atoms with Gasteiger partial charge < -0.3 is 4.74 Å². The number of esters is 1. The Morgan fingerprint density at radius 3 is 2.70 bits per heavy atom. The Balaban J connectivity index is 1.97. The zero-order valence-corrected chi connectivity index (χ0v) is 15.2. The van der Waals surface area contributed by atoms with Gasteiger partial charge in [-0.2, -0.15) is 0 Å². The van der Waals surface area contributed by atoms with E-state index in [0.717, 1.165) is 28.5 Å². The highest BCUT2D eigenvalue weighted by molar-refractivity contribution is 8.00. The molecule has 1 atom stereocenters. The molecule has 138 valence electrons. The smallest absolute Gasteiger partial charge is 0.319 e. The summed E-state index contributed by atoms with van der Waals surface area (Å²) in [6, 6.07) is 7.47. The number of carbonyl (C=O) groups excluding carboxylic acids is 1. The molecule has 27 heavy (non-hydrogen) atoms. The first-order chi connectivity index (χ1) is 12.9. The van der Waals surface area contributed by atoms with Gasteiger partial charge in [-0.1, -0.05) is 23.4 Å². The third kappa shape index (κ3) is 3.30. The number of fused-ring (bicyclic) bond motifs is 1. The van der Waals surface area contributed by atoms with E-state index in [4.69, 9.17) is 16.3 Å². The van der Waals surface area contributed by atoms with Crippen LogP contribution in [0, 0.1) is 11.6 Å². The minimum Gasteiger partial charge on any atom is -0.465 e. The van der Waals surface area contributed by atoms with E-state index in [1.807, 2.05) is 0 Å². The molecule has 0 spiro atoms. The molecule has 1 saturated heterocycles. The van der Waals surface area contributed by atoms with E-state index in [9.17, 15) is 18.4 Å². The second-order valence-corrected chi connectivity index (χ2v) is 7.46. The summed E-state index contributed by atoms with van der Waals surface area (Å²) in [4.78, 5) is 29.3. The molecule has 0 aliphatic carbocycles. The summed E-state index contributed by atoms with van der Waals surface area (Å²) in [5.74, 6) is -2.11. The van der Waals surface area contributed by atoms with Gasteiger partial charge in [-0.25, -0.2) is 13.8 Å². The van der Waals surface area contributed by atoms with Gasteiger partial charge in [0.25, 0.3) is 5.56 Å². The quantitative estimate of drug-likeness (QED) is 0.488. The second kappa shape index (κ2) is 6.94. The van der Waals surface area contributed by atoms with Crippen LogP contribution in [0.1, 0.15) is 6.42 Å². The molecule has 1 aliphatic heterocycles.